The van der Waals surface area contributed by atoms with E-state index in [-0.39, 0.29) is 12.3 Å². The zero-order valence-corrected chi connectivity index (χ0v) is 15.0. The van der Waals surface area contributed by atoms with Gasteiger partial charge < -0.3 is 9.64 Å². The van der Waals surface area contributed by atoms with Crippen molar-refractivity contribution in [3.63, 3.8) is 0 Å². The van der Waals surface area contributed by atoms with Crippen molar-refractivity contribution < 1.29 is 13.2 Å². The summed E-state index contributed by atoms with van der Waals surface area (Å²) < 4.78 is 32.5. The number of benzene rings is 1. The maximum atomic E-state index is 12.3. The highest BCUT2D eigenvalue weighted by atomic mass is 32.2. The van der Waals surface area contributed by atoms with Gasteiger partial charge in [0, 0.05) is 19.3 Å². The van der Waals surface area contributed by atoms with E-state index in [2.05, 4.69) is 14.7 Å². The summed E-state index contributed by atoms with van der Waals surface area (Å²) in [5.41, 5.74) is 2.45. The number of rotatable bonds is 6. The molecule has 0 spiro atoms. The van der Waals surface area contributed by atoms with Crippen molar-refractivity contribution in [2.75, 3.05) is 31.2 Å². The van der Waals surface area contributed by atoms with Crippen LogP contribution < -0.4 is 9.62 Å². The Hall–Kier alpha value is -2.03. The van der Waals surface area contributed by atoms with Gasteiger partial charge in [0.15, 0.2) is 0 Å². The number of ether oxygens (including phenoxy) is 1. The Morgan fingerprint density at radius 3 is 2.80 bits per heavy atom. The zero-order valence-electron chi connectivity index (χ0n) is 14.2. The smallest absolute Gasteiger partial charge is 0.225 e. The van der Waals surface area contributed by atoms with E-state index >= 15 is 0 Å². The molecule has 8 heteroatoms. The number of aryl methyl sites for hydroxylation is 1. The Morgan fingerprint density at radius 1 is 1.24 bits per heavy atom. The molecule has 0 atom stereocenters. The second-order valence-corrected chi connectivity index (χ2v) is 7.82. The highest BCUT2D eigenvalue weighted by molar-refractivity contribution is 7.88. The van der Waals surface area contributed by atoms with Crippen molar-refractivity contribution in [3.8, 4) is 0 Å². The first-order valence-electron chi connectivity index (χ1n) is 8.19. The molecule has 0 radical (unpaired) electrons. The largest absolute Gasteiger partial charge is 0.378 e. The predicted octanol–water partition coefficient (Wildman–Crippen LogP) is 1.24. The van der Waals surface area contributed by atoms with Crippen molar-refractivity contribution in [1.82, 2.24) is 14.7 Å². The maximum Gasteiger partial charge on any atom is 0.225 e. The molecule has 0 bridgehead atoms. The molecule has 1 aliphatic heterocycles. The Morgan fingerprint density at radius 2 is 2.04 bits per heavy atom. The lowest BCUT2D eigenvalue weighted by Gasteiger charge is -2.26. The first-order chi connectivity index (χ1) is 12.0. The summed E-state index contributed by atoms with van der Waals surface area (Å²) in [6, 6.07) is 9.21. The van der Waals surface area contributed by atoms with Crippen LogP contribution in [0.2, 0.25) is 0 Å². The number of nitrogens with zero attached hydrogens (tertiary/aromatic N) is 3. The molecule has 134 valence electrons. The molecule has 25 heavy (non-hydrogen) atoms. The van der Waals surface area contributed by atoms with Crippen LogP contribution in [0.25, 0.3) is 0 Å². The molecule has 2 aromatic rings. The van der Waals surface area contributed by atoms with Crippen LogP contribution in [0.5, 0.6) is 0 Å². The van der Waals surface area contributed by atoms with Crippen LogP contribution in [0, 0.1) is 6.92 Å². The average molecular weight is 362 g/mol. The van der Waals surface area contributed by atoms with Gasteiger partial charge in [-0.1, -0.05) is 29.8 Å². The summed E-state index contributed by atoms with van der Waals surface area (Å²) in [5.74, 6) is 0.564. The number of morpholine rings is 1. The van der Waals surface area contributed by atoms with Crippen LogP contribution >= 0.6 is 0 Å². The molecule has 1 aliphatic rings. The number of aromatic nitrogens is 2. The van der Waals surface area contributed by atoms with Crippen LogP contribution in [0.15, 0.2) is 36.5 Å². The summed E-state index contributed by atoms with van der Waals surface area (Å²) in [4.78, 5) is 10.8. The third kappa shape index (κ3) is 5.22. The zero-order chi connectivity index (χ0) is 17.7. The monoisotopic (exact) mass is 362 g/mol. The summed E-state index contributed by atoms with van der Waals surface area (Å²) in [7, 11) is -3.43. The molecule has 0 amide bonds. The Bertz CT molecular complexity index is 820. The Balaban J connectivity index is 1.62. The molecule has 1 aromatic carbocycles. The fourth-order valence-electron chi connectivity index (χ4n) is 2.65. The van der Waals surface area contributed by atoms with Crippen molar-refractivity contribution >= 4 is 16.0 Å². The minimum Gasteiger partial charge on any atom is -0.378 e. The van der Waals surface area contributed by atoms with E-state index in [9.17, 15) is 8.42 Å². The third-order valence-corrected chi connectivity index (χ3v) is 5.20. The summed E-state index contributed by atoms with van der Waals surface area (Å²) in [6.07, 6.45) is 1.65. The highest BCUT2D eigenvalue weighted by Gasteiger charge is 2.15. The van der Waals surface area contributed by atoms with Crippen molar-refractivity contribution in [2.24, 2.45) is 0 Å². The van der Waals surface area contributed by atoms with Crippen molar-refractivity contribution in [1.29, 1.82) is 0 Å². The molecule has 0 aliphatic carbocycles. The lowest BCUT2D eigenvalue weighted by Crippen LogP contribution is -2.37. The Labute approximate surface area is 148 Å². The fraction of sp³-hybridized carbons (Fsp3) is 0.412. The number of hydrogen-bond acceptors (Lipinski definition) is 6. The lowest BCUT2D eigenvalue weighted by atomic mass is 10.2. The molecule has 2 heterocycles. The molecular weight excluding hydrogens is 340 g/mol. The van der Waals surface area contributed by atoms with Crippen molar-refractivity contribution in [2.45, 2.75) is 19.2 Å². The molecule has 3 rings (SSSR count). The van der Waals surface area contributed by atoms with Crippen LogP contribution in [0.4, 0.5) is 5.95 Å². The number of sulfonamides is 1. The summed E-state index contributed by atoms with van der Waals surface area (Å²) >= 11 is 0. The van der Waals surface area contributed by atoms with Gasteiger partial charge in [0.2, 0.25) is 16.0 Å². The van der Waals surface area contributed by atoms with E-state index < -0.39 is 10.0 Å². The number of nitrogens with one attached hydrogen (secondary N) is 1. The Kier molecular flexibility index (Phi) is 5.62. The standard InChI is InChI=1S/C17H22N4O3S/c1-14-3-2-4-15(11-14)13-25(22,23)19-12-16-5-6-18-17(20-16)21-7-9-24-10-8-21/h2-6,11,19H,7-10,12-13H2,1H3. The second-order valence-electron chi connectivity index (χ2n) is 6.02. The minimum absolute atomic E-state index is 0.0456. The molecule has 1 saturated heterocycles. The van der Waals surface area contributed by atoms with Gasteiger partial charge in [0.05, 0.1) is 31.2 Å². The molecule has 1 fully saturated rings. The summed E-state index contributed by atoms with van der Waals surface area (Å²) in [5, 5.41) is 0. The average Bonchev–Trinajstić information content (AvgIpc) is 2.61. The lowest BCUT2D eigenvalue weighted by molar-refractivity contribution is 0.122. The van der Waals surface area contributed by atoms with Crippen molar-refractivity contribution in [3.05, 3.63) is 53.3 Å². The van der Waals surface area contributed by atoms with Crippen LogP contribution in [0.1, 0.15) is 16.8 Å². The molecular formula is C17H22N4O3S. The quantitative estimate of drug-likeness (QED) is 0.832. The van der Waals surface area contributed by atoms with Gasteiger partial charge in [-0.25, -0.2) is 23.1 Å². The summed E-state index contributed by atoms with van der Waals surface area (Å²) in [6.45, 7) is 4.87. The van der Waals surface area contributed by atoms with Crippen LogP contribution in [-0.4, -0.2) is 44.7 Å². The molecule has 0 unspecified atom stereocenters. The van der Waals surface area contributed by atoms with Gasteiger partial charge in [-0.05, 0) is 18.6 Å². The molecule has 0 saturated carbocycles. The van der Waals surface area contributed by atoms with Gasteiger partial charge in [-0.15, -0.1) is 0 Å². The molecule has 1 aromatic heterocycles. The fourth-order valence-corrected chi connectivity index (χ4v) is 3.74. The molecule has 1 N–H and O–H groups in total. The van der Waals surface area contributed by atoms with E-state index in [1.54, 1.807) is 12.3 Å². The van der Waals surface area contributed by atoms with Gasteiger partial charge in [-0.3, -0.25) is 0 Å². The van der Waals surface area contributed by atoms with Gasteiger partial charge in [0.25, 0.3) is 0 Å². The first kappa shape index (κ1) is 17.8. The highest BCUT2D eigenvalue weighted by Crippen LogP contribution is 2.11. The first-order valence-corrected chi connectivity index (χ1v) is 9.84. The van der Waals surface area contributed by atoms with E-state index in [1.807, 2.05) is 36.1 Å². The van der Waals surface area contributed by atoms with E-state index in [1.165, 1.54) is 0 Å². The van der Waals surface area contributed by atoms with Crippen LogP contribution in [0.3, 0.4) is 0 Å². The van der Waals surface area contributed by atoms with E-state index in [0.29, 0.717) is 24.9 Å². The topological polar surface area (TPSA) is 84.4 Å². The molecule has 7 nitrogen and oxygen atoms in total. The van der Waals surface area contributed by atoms with Gasteiger partial charge in [-0.2, -0.15) is 0 Å². The second kappa shape index (κ2) is 7.90. The predicted molar refractivity (Wildman–Crippen MR) is 95.7 cm³/mol. The maximum absolute atomic E-state index is 12.3. The van der Waals surface area contributed by atoms with Gasteiger partial charge >= 0.3 is 0 Å². The van der Waals surface area contributed by atoms with Gasteiger partial charge in [0.1, 0.15) is 0 Å². The normalized spacial score (nSPS) is 15.3. The van der Waals surface area contributed by atoms with E-state index in [0.717, 1.165) is 24.2 Å². The number of anilines is 1. The minimum atomic E-state index is -3.43. The van der Waals surface area contributed by atoms with E-state index in [4.69, 9.17) is 4.74 Å². The SMILES string of the molecule is Cc1cccc(CS(=O)(=O)NCc2ccnc(N3CCOCC3)n2)c1. The van der Waals surface area contributed by atoms with Crippen LogP contribution in [-0.2, 0) is 27.1 Å². The third-order valence-electron chi connectivity index (χ3n) is 3.91. The number of hydrogen-bond donors (Lipinski definition) is 1.